The van der Waals surface area contributed by atoms with E-state index < -0.39 is 24.1 Å². The van der Waals surface area contributed by atoms with E-state index in [-0.39, 0.29) is 17.9 Å². The maximum absolute atomic E-state index is 13.8. The largest absolute Gasteiger partial charge is 0.497 e. The van der Waals surface area contributed by atoms with Gasteiger partial charge >= 0.3 is 0 Å². The molecule has 0 bridgehead atoms. The third-order valence-electron chi connectivity index (χ3n) is 9.01. The topological polar surface area (TPSA) is 124 Å². The number of hydrogen-bond donors (Lipinski definition) is 3. The van der Waals surface area contributed by atoms with E-state index in [1.165, 1.54) is 0 Å². The van der Waals surface area contributed by atoms with Crippen molar-refractivity contribution < 1.29 is 24.2 Å². The first-order valence-corrected chi connectivity index (χ1v) is 17.2. The second-order valence-corrected chi connectivity index (χ2v) is 13.3. The van der Waals surface area contributed by atoms with Gasteiger partial charge in [0.05, 0.1) is 25.3 Å². The summed E-state index contributed by atoms with van der Waals surface area (Å²) in [7, 11) is 1.60. The van der Waals surface area contributed by atoms with E-state index in [0.717, 1.165) is 34.7 Å². The Labute approximate surface area is 284 Å². The molecule has 11 heteroatoms. The number of ether oxygens (including phenoxy) is 1. The fourth-order valence-corrected chi connectivity index (χ4v) is 7.47. The van der Waals surface area contributed by atoms with Crippen LogP contribution in [0, 0.1) is 6.92 Å². The van der Waals surface area contributed by atoms with Gasteiger partial charge in [0.1, 0.15) is 16.8 Å². The summed E-state index contributed by atoms with van der Waals surface area (Å²) in [5, 5.41) is 20.9. The highest BCUT2D eigenvalue weighted by molar-refractivity contribution is 7.09. The molecule has 0 saturated carbocycles. The standard InChI is InChI=1S/C37H41N5O5S/c1-24-23-48-35(39-24)31-15-8-17-42(31)36(45)28-13-7-12-27(21-28)34(44)40-30(20-25-9-4-3-5-10-25)33(43)32-37(46)41(18-16-38-32)22-26-11-6-14-29(19-26)47-2/h3-7,9-14,19,21,23,30-33,38,43H,8,15-18,20,22H2,1-2H3,(H,40,44)/t30-,31+,32?,33-/m0/s1. The summed E-state index contributed by atoms with van der Waals surface area (Å²) in [6, 6.07) is 22.0. The fourth-order valence-electron chi connectivity index (χ4n) is 6.52. The predicted octanol–water partition coefficient (Wildman–Crippen LogP) is 4.14. The summed E-state index contributed by atoms with van der Waals surface area (Å²) < 4.78 is 5.34. The Kier molecular flexibility index (Phi) is 10.5. The Hall–Kier alpha value is -4.58. The van der Waals surface area contributed by atoms with E-state index >= 15 is 0 Å². The second kappa shape index (κ2) is 15.1. The highest BCUT2D eigenvalue weighted by Gasteiger charge is 2.39. The average Bonchev–Trinajstić information content (AvgIpc) is 3.78. The average molecular weight is 668 g/mol. The predicted molar refractivity (Wildman–Crippen MR) is 184 cm³/mol. The van der Waals surface area contributed by atoms with Gasteiger partial charge in [-0.15, -0.1) is 11.3 Å². The Morgan fingerprint density at radius 2 is 1.81 bits per heavy atom. The van der Waals surface area contributed by atoms with E-state index in [1.54, 1.807) is 47.6 Å². The Balaban J connectivity index is 1.19. The van der Waals surface area contributed by atoms with Crippen LogP contribution >= 0.6 is 11.3 Å². The number of benzene rings is 3. The molecule has 2 aliphatic heterocycles. The van der Waals surface area contributed by atoms with Crippen molar-refractivity contribution in [2.45, 2.75) is 57.0 Å². The van der Waals surface area contributed by atoms with Gasteiger partial charge in [-0.1, -0.05) is 48.5 Å². The number of aliphatic hydroxyl groups excluding tert-OH is 1. The number of amides is 3. The molecule has 2 saturated heterocycles. The molecule has 0 spiro atoms. The first kappa shape index (κ1) is 33.3. The molecule has 10 nitrogen and oxygen atoms in total. The van der Waals surface area contributed by atoms with Crippen LogP contribution < -0.4 is 15.4 Å². The lowest BCUT2D eigenvalue weighted by Gasteiger charge is -2.38. The summed E-state index contributed by atoms with van der Waals surface area (Å²) in [6.45, 7) is 3.92. The molecule has 4 aromatic rings. The van der Waals surface area contributed by atoms with Crippen molar-refractivity contribution in [1.29, 1.82) is 0 Å². The highest BCUT2D eigenvalue weighted by Crippen LogP contribution is 2.35. The summed E-state index contributed by atoms with van der Waals surface area (Å²) in [4.78, 5) is 49.4. The van der Waals surface area contributed by atoms with Crippen molar-refractivity contribution in [2.75, 3.05) is 26.7 Å². The number of aryl methyl sites for hydroxylation is 1. The Morgan fingerprint density at radius 1 is 1.04 bits per heavy atom. The van der Waals surface area contributed by atoms with Crippen LogP contribution in [0.1, 0.15) is 61.4 Å². The summed E-state index contributed by atoms with van der Waals surface area (Å²) in [5.74, 6) is -0.117. The van der Waals surface area contributed by atoms with Crippen molar-refractivity contribution >= 4 is 29.1 Å². The quantitative estimate of drug-likeness (QED) is 0.220. The molecule has 4 atom stereocenters. The molecule has 3 heterocycles. The second-order valence-electron chi connectivity index (χ2n) is 12.4. The molecule has 1 aromatic heterocycles. The number of hydrogen-bond acceptors (Lipinski definition) is 8. The zero-order valence-electron chi connectivity index (χ0n) is 27.2. The number of thiazole rings is 1. The van der Waals surface area contributed by atoms with Crippen LogP contribution in [0.25, 0.3) is 0 Å². The SMILES string of the molecule is COc1cccc(CN2CCNC([C@@H](O)[C@H](Cc3ccccc3)NC(=O)c3cccc(C(=O)N4CCC[C@@H]4c4nc(C)cs4)c3)C2=O)c1. The summed E-state index contributed by atoms with van der Waals surface area (Å²) in [5.41, 5.74) is 3.48. The molecule has 250 valence electrons. The lowest BCUT2D eigenvalue weighted by atomic mass is 9.94. The van der Waals surface area contributed by atoms with Gasteiger partial charge in [0, 0.05) is 48.4 Å². The van der Waals surface area contributed by atoms with Gasteiger partial charge in [-0.2, -0.15) is 0 Å². The van der Waals surface area contributed by atoms with E-state index in [1.807, 2.05) is 71.8 Å². The van der Waals surface area contributed by atoms with E-state index in [9.17, 15) is 19.5 Å². The van der Waals surface area contributed by atoms with Crippen LogP contribution in [0.3, 0.4) is 0 Å². The molecule has 2 aliphatic rings. The molecule has 48 heavy (non-hydrogen) atoms. The molecule has 6 rings (SSSR count). The van der Waals surface area contributed by atoms with Crippen molar-refractivity contribution in [3.8, 4) is 5.75 Å². The highest BCUT2D eigenvalue weighted by atomic mass is 32.1. The number of nitrogens with zero attached hydrogens (tertiary/aromatic N) is 3. The van der Waals surface area contributed by atoms with E-state index in [4.69, 9.17) is 4.74 Å². The minimum atomic E-state index is -1.23. The van der Waals surface area contributed by atoms with Crippen LogP contribution in [0.2, 0.25) is 0 Å². The third-order valence-corrected chi connectivity index (χ3v) is 10.1. The Morgan fingerprint density at radius 3 is 2.58 bits per heavy atom. The molecular formula is C37H41N5O5S. The van der Waals surface area contributed by atoms with Crippen molar-refractivity contribution in [3.63, 3.8) is 0 Å². The number of rotatable bonds is 11. The molecule has 3 N–H and O–H groups in total. The van der Waals surface area contributed by atoms with Gasteiger partial charge in [-0.05, 0) is 67.6 Å². The van der Waals surface area contributed by atoms with E-state index in [2.05, 4.69) is 15.6 Å². The zero-order valence-corrected chi connectivity index (χ0v) is 28.0. The van der Waals surface area contributed by atoms with Crippen molar-refractivity contribution in [3.05, 3.63) is 117 Å². The van der Waals surface area contributed by atoms with Gasteiger partial charge in [0.25, 0.3) is 11.8 Å². The number of carbonyl (C=O) groups is 3. The zero-order chi connectivity index (χ0) is 33.6. The van der Waals surface area contributed by atoms with Gasteiger partial charge in [0.15, 0.2) is 0 Å². The summed E-state index contributed by atoms with van der Waals surface area (Å²) >= 11 is 1.56. The van der Waals surface area contributed by atoms with Crippen LogP contribution in [0.4, 0.5) is 0 Å². The number of methoxy groups -OCH3 is 1. The maximum Gasteiger partial charge on any atom is 0.254 e. The normalized spacial score (nSPS) is 19.2. The first-order valence-electron chi connectivity index (χ1n) is 16.3. The molecular weight excluding hydrogens is 627 g/mol. The molecule has 3 aromatic carbocycles. The molecule has 0 aliphatic carbocycles. The van der Waals surface area contributed by atoms with Gasteiger partial charge in [-0.25, -0.2) is 4.98 Å². The number of carbonyl (C=O) groups excluding carboxylic acids is 3. The van der Waals surface area contributed by atoms with Crippen LogP contribution in [0.15, 0.2) is 84.2 Å². The molecule has 1 unspecified atom stereocenters. The maximum atomic E-state index is 13.8. The molecule has 0 radical (unpaired) electrons. The first-order chi connectivity index (χ1) is 23.3. The smallest absolute Gasteiger partial charge is 0.254 e. The van der Waals surface area contributed by atoms with Gasteiger partial charge in [-0.3, -0.25) is 14.4 Å². The van der Waals surface area contributed by atoms with Gasteiger partial charge in [0.2, 0.25) is 5.91 Å². The molecule has 3 amide bonds. The monoisotopic (exact) mass is 667 g/mol. The number of likely N-dealkylation sites (tertiary alicyclic amines) is 1. The number of aliphatic hydroxyl groups is 1. The summed E-state index contributed by atoms with van der Waals surface area (Å²) in [6.07, 6.45) is 0.810. The van der Waals surface area contributed by atoms with Crippen LogP contribution in [-0.4, -0.2) is 82.5 Å². The van der Waals surface area contributed by atoms with Crippen molar-refractivity contribution in [2.24, 2.45) is 0 Å². The van der Waals surface area contributed by atoms with E-state index in [0.29, 0.717) is 49.5 Å². The van der Waals surface area contributed by atoms with Crippen LogP contribution in [-0.2, 0) is 17.8 Å². The minimum Gasteiger partial charge on any atom is -0.497 e. The number of nitrogens with one attached hydrogen (secondary N) is 2. The lowest BCUT2D eigenvalue weighted by molar-refractivity contribution is -0.140. The van der Waals surface area contributed by atoms with Crippen molar-refractivity contribution in [1.82, 2.24) is 25.4 Å². The fraction of sp³-hybridized carbons (Fsp3) is 0.351. The minimum absolute atomic E-state index is 0.0805. The molecule has 2 fully saturated rings. The number of aromatic nitrogens is 1. The van der Waals surface area contributed by atoms with Crippen LogP contribution in [0.5, 0.6) is 5.75 Å². The lowest BCUT2D eigenvalue weighted by Crippen LogP contribution is -2.63. The van der Waals surface area contributed by atoms with Gasteiger partial charge < -0.3 is 30.3 Å². The third kappa shape index (κ3) is 7.59. The number of piperazine rings is 1. The Bertz CT molecular complexity index is 1750.